The summed E-state index contributed by atoms with van der Waals surface area (Å²) in [6.07, 6.45) is 4.64. The Labute approximate surface area is 193 Å². The Hall–Kier alpha value is -3.79. The first-order chi connectivity index (χ1) is 16.3. The molecule has 1 aromatic carbocycles. The molecule has 2 atom stereocenters. The fraction of sp³-hybridized carbons (Fsp3) is 0.250. The highest BCUT2D eigenvalue weighted by atomic mass is 19.4. The zero-order chi connectivity index (χ0) is 24.1. The molecule has 0 bridgehead atoms. The van der Waals surface area contributed by atoms with Crippen molar-refractivity contribution in [3.05, 3.63) is 83.6 Å². The normalized spacial score (nSPS) is 19.6. The summed E-state index contributed by atoms with van der Waals surface area (Å²) in [5.74, 6) is 0.270. The van der Waals surface area contributed by atoms with E-state index in [0.717, 1.165) is 29.8 Å². The van der Waals surface area contributed by atoms with Gasteiger partial charge >= 0.3 is 6.18 Å². The van der Waals surface area contributed by atoms with E-state index in [1.165, 1.54) is 24.8 Å². The second-order valence-electron chi connectivity index (χ2n) is 7.97. The molecule has 2 heterocycles. The van der Waals surface area contributed by atoms with Crippen molar-refractivity contribution in [3.63, 3.8) is 0 Å². The van der Waals surface area contributed by atoms with Crippen LogP contribution in [0.5, 0.6) is 11.6 Å². The van der Waals surface area contributed by atoms with Crippen LogP contribution < -0.4 is 15.8 Å². The van der Waals surface area contributed by atoms with Crippen LogP contribution >= 0.6 is 0 Å². The van der Waals surface area contributed by atoms with E-state index in [9.17, 15) is 18.0 Å². The molecule has 1 aliphatic rings. The minimum atomic E-state index is -4.45. The Morgan fingerprint density at radius 1 is 1.15 bits per heavy atom. The second-order valence-corrected chi connectivity index (χ2v) is 7.97. The van der Waals surface area contributed by atoms with E-state index in [1.807, 2.05) is 12.1 Å². The lowest BCUT2D eigenvalue weighted by Gasteiger charge is -2.31. The van der Waals surface area contributed by atoms with E-state index in [1.54, 1.807) is 18.2 Å². The monoisotopic (exact) mass is 469 g/mol. The molecule has 3 aromatic rings. The van der Waals surface area contributed by atoms with Crippen molar-refractivity contribution in [1.29, 1.82) is 0 Å². The standard InChI is InChI=1S/C24H22F3N5O2/c25-24(26,27)18-5-7-22(31-13-18)34-19-3-1-2-15(9-19)8-16-4-6-21(20(28)10-16)32-23(33)17-11-29-14-30-12-17/h1-3,5,7-9,11-14,20-21H,4,6,10,28H2,(H,32,33)/b16-8+. The smallest absolute Gasteiger partial charge is 0.417 e. The number of nitrogens with zero attached hydrogens (tertiary/aromatic N) is 3. The van der Waals surface area contributed by atoms with Crippen LogP contribution in [0.15, 0.2) is 66.9 Å². The van der Waals surface area contributed by atoms with E-state index in [-0.39, 0.29) is 23.9 Å². The highest BCUT2D eigenvalue weighted by Crippen LogP contribution is 2.31. The van der Waals surface area contributed by atoms with Gasteiger partial charge in [-0.05, 0) is 43.0 Å². The lowest BCUT2D eigenvalue weighted by molar-refractivity contribution is -0.137. The van der Waals surface area contributed by atoms with Crippen molar-refractivity contribution >= 4 is 12.0 Å². The molecule has 0 spiro atoms. The van der Waals surface area contributed by atoms with Crippen molar-refractivity contribution < 1.29 is 22.7 Å². The summed E-state index contributed by atoms with van der Waals surface area (Å²) in [7, 11) is 0. The summed E-state index contributed by atoms with van der Waals surface area (Å²) in [4.78, 5) is 23.8. The van der Waals surface area contributed by atoms with Gasteiger partial charge in [0.1, 0.15) is 12.1 Å². The summed E-state index contributed by atoms with van der Waals surface area (Å²) in [6.45, 7) is 0. The number of hydrogen-bond donors (Lipinski definition) is 2. The number of aromatic nitrogens is 3. The number of hydrogen-bond acceptors (Lipinski definition) is 6. The minimum absolute atomic E-state index is 0.0693. The van der Waals surface area contributed by atoms with Crippen LogP contribution in [0.1, 0.15) is 40.7 Å². The van der Waals surface area contributed by atoms with Crippen LogP contribution in [0, 0.1) is 0 Å². The quantitative estimate of drug-likeness (QED) is 0.575. The second kappa shape index (κ2) is 10.0. The van der Waals surface area contributed by atoms with E-state index in [2.05, 4.69) is 20.3 Å². The van der Waals surface area contributed by atoms with Gasteiger partial charge in [0.25, 0.3) is 5.91 Å². The fourth-order valence-electron chi connectivity index (χ4n) is 3.71. The van der Waals surface area contributed by atoms with Gasteiger partial charge in [-0.15, -0.1) is 0 Å². The highest BCUT2D eigenvalue weighted by molar-refractivity contribution is 5.93. The third-order valence-electron chi connectivity index (χ3n) is 5.45. The van der Waals surface area contributed by atoms with Gasteiger partial charge in [-0.3, -0.25) is 4.79 Å². The Kier molecular flexibility index (Phi) is 6.87. The fourth-order valence-corrected chi connectivity index (χ4v) is 3.71. The molecule has 4 rings (SSSR count). The van der Waals surface area contributed by atoms with E-state index in [4.69, 9.17) is 10.5 Å². The van der Waals surface area contributed by atoms with Gasteiger partial charge in [0, 0.05) is 36.7 Å². The van der Waals surface area contributed by atoms with Crippen LogP contribution in [-0.4, -0.2) is 32.9 Å². The maximum Gasteiger partial charge on any atom is 0.417 e. The number of rotatable bonds is 5. The Bertz CT molecular complexity index is 1170. The van der Waals surface area contributed by atoms with E-state index in [0.29, 0.717) is 24.2 Å². The molecule has 0 saturated heterocycles. The van der Waals surface area contributed by atoms with Crippen molar-refractivity contribution in [1.82, 2.24) is 20.3 Å². The molecule has 1 amide bonds. The van der Waals surface area contributed by atoms with Gasteiger partial charge in [-0.25, -0.2) is 15.0 Å². The third-order valence-corrected chi connectivity index (χ3v) is 5.45. The SMILES string of the molecule is NC1C/C(=C/c2cccc(Oc3ccc(C(F)(F)F)cn3)c2)CCC1NC(=O)c1cncnc1. The highest BCUT2D eigenvalue weighted by Gasteiger charge is 2.30. The number of nitrogens with one attached hydrogen (secondary N) is 1. The number of ether oxygens (including phenoxy) is 1. The van der Waals surface area contributed by atoms with Crippen molar-refractivity contribution in [2.24, 2.45) is 5.73 Å². The average Bonchev–Trinajstić information content (AvgIpc) is 2.81. The summed E-state index contributed by atoms with van der Waals surface area (Å²) in [6, 6.07) is 8.87. The zero-order valence-corrected chi connectivity index (χ0v) is 18.0. The third kappa shape index (κ3) is 5.96. The lowest BCUT2D eigenvalue weighted by Crippen LogP contribution is -2.49. The summed E-state index contributed by atoms with van der Waals surface area (Å²) < 4.78 is 43.7. The van der Waals surface area contributed by atoms with Crippen LogP contribution in [-0.2, 0) is 6.18 Å². The molecule has 1 fully saturated rings. The number of amides is 1. The molecule has 34 heavy (non-hydrogen) atoms. The number of benzene rings is 1. The average molecular weight is 469 g/mol. The van der Waals surface area contributed by atoms with Crippen molar-refractivity contribution in [2.45, 2.75) is 37.5 Å². The van der Waals surface area contributed by atoms with E-state index < -0.39 is 11.7 Å². The predicted octanol–water partition coefficient (Wildman–Crippen LogP) is 4.38. The Morgan fingerprint density at radius 3 is 2.62 bits per heavy atom. The van der Waals surface area contributed by atoms with Crippen molar-refractivity contribution in [2.75, 3.05) is 0 Å². The van der Waals surface area contributed by atoms with Crippen molar-refractivity contribution in [3.8, 4) is 11.6 Å². The molecule has 10 heteroatoms. The molecule has 2 unspecified atom stereocenters. The maximum absolute atomic E-state index is 12.7. The summed E-state index contributed by atoms with van der Waals surface area (Å²) >= 11 is 0. The maximum atomic E-state index is 12.7. The lowest BCUT2D eigenvalue weighted by atomic mass is 9.86. The molecule has 0 radical (unpaired) electrons. The van der Waals surface area contributed by atoms with Gasteiger partial charge in [0.05, 0.1) is 11.1 Å². The van der Waals surface area contributed by atoms with Crippen LogP contribution in [0.2, 0.25) is 0 Å². The van der Waals surface area contributed by atoms with Gasteiger partial charge in [0.2, 0.25) is 5.88 Å². The predicted molar refractivity (Wildman–Crippen MR) is 119 cm³/mol. The molecule has 2 aromatic heterocycles. The summed E-state index contributed by atoms with van der Waals surface area (Å²) in [5, 5.41) is 2.95. The molecule has 7 nitrogen and oxygen atoms in total. The molecule has 3 N–H and O–H groups in total. The number of nitrogens with two attached hydrogens (primary N) is 1. The van der Waals surface area contributed by atoms with Gasteiger partial charge in [-0.2, -0.15) is 13.2 Å². The van der Waals surface area contributed by atoms with Gasteiger partial charge in [0.15, 0.2) is 0 Å². The van der Waals surface area contributed by atoms with Gasteiger partial charge in [-0.1, -0.05) is 23.8 Å². The van der Waals surface area contributed by atoms with Crippen LogP contribution in [0.3, 0.4) is 0 Å². The Morgan fingerprint density at radius 2 is 1.94 bits per heavy atom. The molecular formula is C24H22F3N5O2. The number of halogens is 3. The summed E-state index contributed by atoms with van der Waals surface area (Å²) in [5.41, 5.74) is 7.88. The minimum Gasteiger partial charge on any atom is -0.439 e. The first-order valence-corrected chi connectivity index (χ1v) is 10.6. The number of carbonyl (C=O) groups is 1. The molecule has 176 valence electrons. The number of alkyl halides is 3. The topological polar surface area (TPSA) is 103 Å². The van der Waals surface area contributed by atoms with E-state index >= 15 is 0 Å². The molecule has 1 aliphatic carbocycles. The Balaban J connectivity index is 1.37. The molecule has 1 saturated carbocycles. The van der Waals surface area contributed by atoms with Crippen LogP contribution in [0.4, 0.5) is 13.2 Å². The zero-order valence-electron chi connectivity index (χ0n) is 18.0. The largest absolute Gasteiger partial charge is 0.439 e. The molecule has 0 aliphatic heterocycles. The van der Waals surface area contributed by atoms with Crippen LogP contribution in [0.25, 0.3) is 6.08 Å². The first-order valence-electron chi connectivity index (χ1n) is 10.6. The molecular weight excluding hydrogens is 447 g/mol. The first kappa shape index (κ1) is 23.4. The number of pyridine rings is 1. The van der Waals surface area contributed by atoms with Gasteiger partial charge < -0.3 is 15.8 Å². The number of carbonyl (C=O) groups excluding carboxylic acids is 1.